The number of hydrogen-bond donors (Lipinski definition) is 0. The first-order valence-electron chi connectivity index (χ1n) is 3.38. The first kappa shape index (κ1) is 7.68. The molecule has 2 rings (SSSR count). The lowest BCUT2D eigenvalue weighted by atomic mass is 10.2. The molecule has 1 radical (unpaired) electrons. The van der Waals surface area contributed by atoms with E-state index in [2.05, 4.69) is 27.0 Å². The molecule has 0 N–H and O–H groups in total. The molecule has 59 valence electrons. The fourth-order valence-corrected chi connectivity index (χ4v) is 1.36. The van der Waals surface area contributed by atoms with Gasteiger partial charge in [-0.15, -0.1) is 0 Å². The molecule has 1 heterocycles. The summed E-state index contributed by atoms with van der Waals surface area (Å²) in [5.41, 5.74) is 0.680. The summed E-state index contributed by atoms with van der Waals surface area (Å²) >= 11 is 3.26. The van der Waals surface area contributed by atoms with E-state index in [0.717, 1.165) is 9.86 Å². The molecule has 3 heteroatoms. The van der Waals surface area contributed by atoms with Crippen molar-refractivity contribution in [1.82, 2.24) is 4.98 Å². The number of rotatable bonds is 0. The Bertz CT molecular complexity index is 391. The zero-order valence-corrected chi connectivity index (χ0v) is 7.60. The minimum atomic E-state index is -0.289. The Kier molecular flexibility index (Phi) is 1.81. The lowest BCUT2D eigenvalue weighted by molar-refractivity contribution is 0.629. The summed E-state index contributed by atoms with van der Waals surface area (Å²) in [4.78, 5) is 4.05. The summed E-state index contributed by atoms with van der Waals surface area (Å²) in [5, 5.41) is 0.754. The molecular weight excluding hydrogens is 221 g/mol. The second-order valence-corrected chi connectivity index (χ2v) is 3.32. The molecule has 2 aromatic rings. The smallest absolute Gasteiger partial charge is 0.124 e. The van der Waals surface area contributed by atoms with Gasteiger partial charge in [0.05, 0.1) is 5.52 Å². The van der Waals surface area contributed by atoms with Gasteiger partial charge in [0.15, 0.2) is 0 Å². The van der Waals surface area contributed by atoms with Crippen LogP contribution in [0.1, 0.15) is 0 Å². The topological polar surface area (TPSA) is 12.9 Å². The van der Waals surface area contributed by atoms with E-state index >= 15 is 0 Å². The van der Waals surface area contributed by atoms with Crippen molar-refractivity contribution >= 4 is 26.8 Å². The highest BCUT2D eigenvalue weighted by molar-refractivity contribution is 9.10. The molecule has 0 aliphatic rings. The number of nitrogens with zero attached hydrogens (tertiary/aromatic N) is 1. The predicted octanol–water partition coefficient (Wildman–Crippen LogP) is 2.94. The molecule has 0 aliphatic heterocycles. The van der Waals surface area contributed by atoms with E-state index in [1.807, 2.05) is 6.07 Å². The fourth-order valence-electron chi connectivity index (χ4n) is 1.01. The van der Waals surface area contributed by atoms with Crippen LogP contribution in [0.2, 0.25) is 0 Å². The van der Waals surface area contributed by atoms with Crippen molar-refractivity contribution in [3.8, 4) is 0 Å². The standard InChI is InChI=1S/C9H4BrFN/c10-7-3-6-4-8(11)1-2-9(6)12-5-7/h1,3-5H. The molecule has 0 bridgehead atoms. The summed E-state index contributed by atoms with van der Waals surface area (Å²) in [6, 6.07) is 7.26. The quantitative estimate of drug-likeness (QED) is 0.671. The molecule has 1 aromatic carbocycles. The van der Waals surface area contributed by atoms with Gasteiger partial charge in [0.25, 0.3) is 0 Å². The van der Waals surface area contributed by atoms with Crippen LogP contribution in [0.4, 0.5) is 4.39 Å². The van der Waals surface area contributed by atoms with Gasteiger partial charge in [0.2, 0.25) is 0 Å². The molecule has 0 atom stereocenters. The van der Waals surface area contributed by atoms with E-state index in [4.69, 9.17) is 0 Å². The zero-order valence-electron chi connectivity index (χ0n) is 6.01. The van der Waals surface area contributed by atoms with Gasteiger partial charge in [-0.2, -0.15) is 0 Å². The van der Waals surface area contributed by atoms with Gasteiger partial charge in [0, 0.05) is 22.1 Å². The van der Waals surface area contributed by atoms with Crippen molar-refractivity contribution in [2.24, 2.45) is 0 Å². The zero-order chi connectivity index (χ0) is 8.55. The summed E-state index contributed by atoms with van der Waals surface area (Å²) in [6.07, 6.45) is 1.66. The van der Waals surface area contributed by atoms with Crippen molar-refractivity contribution in [2.45, 2.75) is 0 Å². The van der Waals surface area contributed by atoms with Gasteiger partial charge in [-0.05, 0) is 34.1 Å². The van der Waals surface area contributed by atoms with E-state index in [1.54, 1.807) is 6.20 Å². The molecule has 0 saturated heterocycles. The minimum Gasteiger partial charge on any atom is -0.254 e. The average Bonchev–Trinajstić information content (AvgIpc) is 2.03. The highest BCUT2D eigenvalue weighted by Crippen LogP contribution is 2.17. The van der Waals surface area contributed by atoms with Crippen molar-refractivity contribution in [1.29, 1.82) is 0 Å². The van der Waals surface area contributed by atoms with Crippen LogP contribution < -0.4 is 0 Å². The number of fused-ring (bicyclic) bond motifs is 1. The molecule has 0 unspecified atom stereocenters. The first-order chi connectivity index (χ1) is 5.75. The third-order valence-corrected chi connectivity index (χ3v) is 1.96. The number of hydrogen-bond acceptors (Lipinski definition) is 1. The average molecular weight is 225 g/mol. The van der Waals surface area contributed by atoms with E-state index in [1.165, 1.54) is 12.1 Å². The maximum atomic E-state index is 12.7. The van der Waals surface area contributed by atoms with Gasteiger partial charge < -0.3 is 0 Å². The van der Waals surface area contributed by atoms with E-state index in [9.17, 15) is 4.39 Å². The monoisotopic (exact) mass is 224 g/mol. The summed E-state index contributed by atoms with van der Waals surface area (Å²) in [7, 11) is 0. The van der Waals surface area contributed by atoms with Crippen molar-refractivity contribution in [2.75, 3.05) is 0 Å². The van der Waals surface area contributed by atoms with Crippen LogP contribution in [0.3, 0.4) is 0 Å². The number of benzene rings is 1. The molecule has 1 aromatic heterocycles. The third-order valence-electron chi connectivity index (χ3n) is 1.52. The van der Waals surface area contributed by atoms with Crippen LogP contribution in [0, 0.1) is 11.9 Å². The highest BCUT2D eigenvalue weighted by Gasteiger charge is 1.97. The second kappa shape index (κ2) is 2.83. The minimum absolute atomic E-state index is 0.289. The predicted molar refractivity (Wildman–Crippen MR) is 48.2 cm³/mol. The Balaban J connectivity index is 2.80. The molecule has 0 fully saturated rings. The van der Waals surface area contributed by atoms with Crippen molar-refractivity contribution in [3.05, 3.63) is 40.8 Å². The highest BCUT2D eigenvalue weighted by atomic mass is 79.9. The number of halogens is 2. The van der Waals surface area contributed by atoms with E-state index < -0.39 is 0 Å². The van der Waals surface area contributed by atoms with Gasteiger partial charge in [0.1, 0.15) is 5.82 Å². The van der Waals surface area contributed by atoms with E-state index in [-0.39, 0.29) is 5.82 Å². The van der Waals surface area contributed by atoms with Gasteiger partial charge in [-0.3, -0.25) is 4.98 Å². The largest absolute Gasteiger partial charge is 0.254 e. The Hall–Kier alpha value is -0.960. The molecule has 0 spiro atoms. The summed E-state index contributed by atoms with van der Waals surface area (Å²) in [5.74, 6) is -0.289. The number of pyridine rings is 1. The van der Waals surface area contributed by atoms with Crippen LogP contribution in [0.25, 0.3) is 10.9 Å². The maximum Gasteiger partial charge on any atom is 0.124 e. The fraction of sp³-hybridized carbons (Fsp3) is 0. The SMILES string of the molecule is Fc1c[c]c2ncc(Br)cc2c1. The Morgan fingerprint density at radius 3 is 3.08 bits per heavy atom. The third kappa shape index (κ3) is 1.32. The van der Waals surface area contributed by atoms with Crippen LogP contribution >= 0.6 is 15.9 Å². The van der Waals surface area contributed by atoms with Crippen LogP contribution in [-0.2, 0) is 0 Å². The van der Waals surface area contributed by atoms with Crippen molar-refractivity contribution in [3.63, 3.8) is 0 Å². The van der Waals surface area contributed by atoms with E-state index in [0.29, 0.717) is 5.52 Å². The summed E-state index contributed by atoms with van der Waals surface area (Å²) < 4.78 is 13.5. The molecule has 0 saturated carbocycles. The second-order valence-electron chi connectivity index (χ2n) is 2.41. The normalized spacial score (nSPS) is 10.5. The Morgan fingerprint density at radius 2 is 2.25 bits per heavy atom. The molecule has 0 aliphatic carbocycles. The van der Waals surface area contributed by atoms with Crippen molar-refractivity contribution < 1.29 is 4.39 Å². The van der Waals surface area contributed by atoms with Crippen LogP contribution in [0.15, 0.2) is 28.9 Å². The molecular formula is C9H4BrFN. The number of aromatic nitrogens is 1. The Morgan fingerprint density at radius 1 is 1.42 bits per heavy atom. The summed E-state index contributed by atoms with van der Waals surface area (Å²) in [6.45, 7) is 0. The first-order valence-corrected chi connectivity index (χ1v) is 4.17. The maximum absolute atomic E-state index is 12.7. The lowest BCUT2D eigenvalue weighted by Gasteiger charge is -1.96. The molecule has 12 heavy (non-hydrogen) atoms. The lowest BCUT2D eigenvalue weighted by Crippen LogP contribution is -1.80. The molecule has 0 amide bonds. The van der Waals surface area contributed by atoms with Crippen LogP contribution in [0.5, 0.6) is 0 Å². The Labute approximate surface area is 77.4 Å². The van der Waals surface area contributed by atoms with Gasteiger partial charge in [-0.1, -0.05) is 0 Å². The van der Waals surface area contributed by atoms with Crippen LogP contribution in [-0.4, -0.2) is 4.98 Å². The van der Waals surface area contributed by atoms with Gasteiger partial charge >= 0.3 is 0 Å². The van der Waals surface area contributed by atoms with Gasteiger partial charge in [-0.25, -0.2) is 4.39 Å². The molecule has 1 nitrogen and oxygen atoms in total.